The van der Waals surface area contributed by atoms with Gasteiger partial charge in [0.05, 0.1) is 0 Å². The van der Waals surface area contributed by atoms with Crippen LogP contribution in [-0.4, -0.2) is 32.4 Å². The van der Waals surface area contributed by atoms with Gasteiger partial charge in [-0.05, 0) is 18.6 Å². The second kappa shape index (κ2) is 5.00. The lowest BCUT2D eigenvalue weighted by molar-refractivity contribution is -0.146. The van der Waals surface area contributed by atoms with E-state index < -0.39 is 12.0 Å². The zero-order valence-corrected chi connectivity index (χ0v) is 10.1. The van der Waals surface area contributed by atoms with Crippen LogP contribution in [0.15, 0.2) is 12.1 Å². The normalized spacial score (nSPS) is 13.7. The van der Waals surface area contributed by atoms with Gasteiger partial charge in [0.15, 0.2) is 5.65 Å². The fraction of sp³-hybridized carbons (Fsp3) is 0.500. The summed E-state index contributed by atoms with van der Waals surface area (Å²) in [6.07, 6.45) is -3.83. The first-order valence-corrected chi connectivity index (χ1v) is 5.71. The number of nitrogens with two attached hydrogens (primary N) is 1. The number of halogens is 3. The Kier molecular flexibility index (Phi) is 3.56. The first-order valence-electron chi connectivity index (χ1n) is 5.71. The minimum atomic E-state index is -4.59. The van der Waals surface area contributed by atoms with Crippen molar-refractivity contribution in [3.63, 3.8) is 0 Å². The molecule has 2 aromatic heterocycles. The molecule has 3 N–H and O–H groups in total. The van der Waals surface area contributed by atoms with E-state index in [0.717, 1.165) is 6.42 Å². The van der Waals surface area contributed by atoms with E-state index in [1.54, 1.807) is 0 Å². The van der Waals surface area contributed by atoms with E-state index >= 15 is 0 Å². The topological polar surface area (TPSA) is 81.1 Å². The van der Waals surface area contributed by atoms with Crippen molar-refractivity contribution in [2.45, 2.75) is 25.6 Å². The van der Waals surface area contributed by atoms with Gasteiger partial charge in [0.1, 0.15) is 5.82 Å². The summed E-state index contributed by atoms with van der Waals surface area (Å²) in [5, 5.41) is 13.2. The third kappa shape index (κ3) is 2.92. The lowest BCUT2D eigenvalue weighted by Gasteiger charge is -2.11. The van der Waals surface area contributed by atoms with Gasteiger partial charge < -0.3 is 11.1 Å². The standard InChI is InChI=1S/C10H13F3N6/c1-2-6(14)5-15-7-3-4-8-16-17-9(10(11,12)13)19(8)18-7/h3-4,6H,2,5,14H2,1H3,(H,15,18). The number of fused-ring (bicyclic) bond motifs is 1. The van der Waals surface area contributed by atoms with Gasteiger partial charge in [0.25, 0.3) is 5.82 Å². The van der Waals surface area contributed by atoms with Crippen molar-refractivity contribution < 1.29 is 13.2 Å². The average molecular weight is 274 g/mol. The van der Waals surface area contributed by atoms with Crippen LogP contribution in [0, 0.1) is 0 Å². The molecule has 6 nitrogen and oxygen atoms in total. The maximum atomic E-state index is 12.6. The molecule has 1 unspecified atom stereocenters. The monoisotopic (exact) mass is 274 g/mol. The predicted molar refractivity (Wildman–Crippen MR) is 62.5 cm³/mol. The highest BCUT2D eigenvalue weighted by atomic mass is 19.4. The van der Waals surface area contributed by atoms with Crippen LogP contribution < -0.4 is 11.1 Å². The summed E-state index contributed by atoms with van der Waals surface area (Å²) in [6.45, 7) is 2.35. The van der Waals surface area contributed by atoms with Crippen molar-refractivity contribution in [1.29, 1.82) is 0 Å². The molecule has 0 bridgehead atoms. The Labute approximate surface area is 106 Å². The molecule has 104 valence electrons. The van der Waals surface area contributed by atoms with Gasteiger partial charge in [-0.3, -0.25) is 0 Å². The molecule has 0 fully saturated rings. The van der Waals surface area contributed by atoms with Crippen LogP contribution in [-0.2, 0) is 6.18 Å². The second-order valence-electron chi connectivity index (χ2n) is 4.06. The van der Waals surface area contributed by atoms with Crippen LogP contribution in [0.5, 0.6) is 0 Å². The molecular formula is C10H13F3N6. The molecule has 9 heteroatoms. The number of hydrogen-bond donors (Lipinski definition) is 2. The predicted octanol–water partition coefficient (Wildman–Crippen LogP) is 1.29. The smallest absolute Gasteiger partial charge is 0.367 e. The second-order valence-corrected chi connectivity index (χ2v) is 4.06. The summed E-state index contributed by atoms with van der Waals surface area (Å²) < 4.78 is 38.6. The van der Waals surface area contributed by atoms with Crippen molar-refractivity contribution in [2.24, 2.45) is 5.73 Å². The minimum absolute atomic E-state index is 0.0395. The third-order valence-corrected chi connectivity index (χ3v) is 2.59. The molecule has 0 radical (unpaired) electrons. The minimum Gasteiger partial charge on any atom is -0.367 e. The molecule has 0 amide bonds. The van der Waals surface area contributed by atoms with E-state index in [1.807, 2.05) is 6.92 Å². The molecule has 0 saturated carbocycles. The summed E-state index contributed by atoms with van der Waals surface area (Å²) in [5.41, 5.74) is 5.75. The van der Waals surface area contributed by atoms with Crippen molar-refractivity contribution in [3.8, 4) is 0 Å². The number of anilines is 1. The number of alkyl halides is 3. The van der Waals surface area contributed by atoms with Gasteiger partial charge in [0, 0.05) is 12.6 Å². The Balaban J connectivity index is 2.28. The van der Waals surface area contributed by atoms with Crippen LogP contribution in [0.2, 0.25) is 0 Å². The highest BCUT2D eigenvalue weighted by Crippen LogP contribution is 2.27. The zero-order chi connectivity index (χ0) is 14.0. The summed E-state index contributed by atoms with van der Waals surface area (Å²) in [6, 6.07) is 2.86. The summed E-state index contributed by atoms with van der Waals surface area (Å²) >= 11 is 0. The lowest BCUT2D eigenvalue weighted by atomic mass is 10.2. The average Bonchev–Trinajstić information content (AvgIpc) is 2.78. The van der Waals surface area contributed by atoms with Crippen LogP contribution >= 0.6 is 0 Å². The first-order chi connectivity index (χ1) is 8.91. The highest BCUT2D eigenvalue weighted by molar-refractivity contribution is 5.44. The van der Waals surface area contributed by atoms with Gasteiger partial charge >= 0.3 is 6.18 Å². The van der Waals surface area contributed by atoms with E-state index in [1.165, 1.54) is 12.1 Å². The van der Waals surface area contributed by atoms with E-state index in [4.69, 9.17) is 5.73 Å². The van der Waals surface area contributed by atoms with Gasteiger partial charge in [-0.15, -0.1) is 15.3 Å². The fourth-order valence-electron chi connectivity index (χ4n) is 1.44. The Morgan fingerprint density at radius 2 is 2.11 bits per heavy atom. The molecular weight excluding hydrogens is 261 g/mol. The molecule has 0 saturated heterocycles. The molecule has 1 atom stereocenters. The van der Waals surface area contributed by atoms with Crippen molar-refractivity contribution in [2.75, 3.05) is 11.9 Å². The lowest BCUT2D eigenvalue weighted by Crippen LogP contribution is -2.28. The van der Waals surface area contributed by atoms with Crippen LogP contribution in [0.1, 0.15) is 19.2 Å². The van der Waals surface area contributed by atoms with Crippen molar-refractivity contribution >= 4 is 11.5 Å². The molecule has 19 heavy (non-hydrogen) atoms. The maximum Gasteiger partial charge on any atom is 0.453 e. The van der Waals surface area contributed by atoms with E-state index in [0.29, 0.717) is 16.9 Å². The molecule has 2 aromatic rings. The largest absolute Gasteiger partial charge is 0.453 e. The van der Waals surface area contributed by atoms with E-state index in [9.17, 15) is 13.2 Å². The highest BCUT2D eigenvalue weighted by Gasteiger charge is 2.37. The van der Waals surface area contributed by atoms with Crippen molar-refractivity contribution in [1.82, 2.24) is 19.8 Å². The third-order valence-electron chi connectivity index (χ3n) is 2.59. The molecule has 0 aliphatic heterocycles. The van der Waals surface area contributed by atoms with Gasteiger partial charge in [0.2, 0.25) is 0 Å². The summed E-state index contributed by atoms with van der Waals surface area (Å²) in [4.78, 5) is 0. The van der Waals surface area contributed by atoms with Crippen LogP contribution in [0.25, 0.3) is 5.65 Å². The molecule has 2 heterocycles. The Morgan fingerprint density at radius 1 is 1.37 bits per heavy atom. The molecule has 0 spiro atoms. The zero-order valence-electron chi connectivity index (χ0n) is 10.1. The Morgan fingerprint density at radius 3 is 2.74 bits per heavy atom. The van der Waals surface area contributed by atoms with Crippen LogP contribution in [0.4, 0.5) is 19.0 Å². The quantitative estimate of drug-likeness (QED) is 0.878. The Bertz CT molecular complexity index is 564. The number of nitrogens with one attached hydrogen (secondary N) is 1. The number of rotatable bonds is 4. The first kappa shape index (κ1) is 13.5. The number of hydrogen-bond acceptors (Lipinski definition) is 5. The van der Waals surface area contributed by atoms with E-state index in [-0.39, 0.29) is 11.7 Å². The summed E-state index contributed by atoms with van der Waals surface area (Å²) in [7, 11) is 0. The molecule has 0 aliphatic carbocycles. The molecule has 0 aliphatic rings. The van der Waals surface area contributed by atoms with Gasteiger partial charge in [-0.1, -0.05) is 6.92 Å². The fourth-order valence-corrected chi connectivity index (χ4v) is 1.44. The number of aromatic nitrogens is 4. The molecule has 0 aromatic carbocycles. The van der Waals surface area contributed by atoms with Gasteiger partial charge in [-0.25, -0.2) is 0 Å². The maximum absolute atomic E-state index is 12.6. The SMILES string of the molecule is CCC(N)CNc1ccc2nnc(C(F)(F)F)n2n1. The van der Waals surface area contributed by atoms with Crippen LogP contribution in [0.3, 0.4) is 0 Å². The molecule has 2 rings (SSSR count). The Hall–Kier alpha value is -1.90. The van der Waals surface area contributed by atoms with Crippen molar-refractivity contribution in [3.05, 3.63) is 18.0 Å². The van der Waals surface area contributed by atoms with E-state index in [2.05, 4.69) is 20.6 Å². The van der Waals surface area contributed by atoms with Gasteiger partial charge in [-0.2, -0.15) is 17.7 Å². The number of nitrogens with zero attached hydrogens (tertiary/aromatic N) is 4. The summed E-state index contributed by atoms with van der Waals surface area (Å²) in [5.74, 6) is -0.854.